The molecule has 5 heteroatoms. The largest absolute Gasteiger partial charge is 0.497 e. The first kappa shape index (κ1) is 15.0. The van der Waals surface area contributed by atoms with Gasteiger partial charge in [0.15, 0.2) is 9.84 Å². The van der Waals surface area contributed by atoms with Gasteiger partial charge in [-0.1, -0.05) is 12.1 Å². The van der Waals surface area contributed by atoms with Crippen molar-refractivity contribution in [3.8, 4) is 5.75 Å². The van der Waals surface area contributed by atoms with Crippen molar-refractivity contribution in [2.75, 3.05) is 13.4 Å². The van der Waals surface area contributed by atoms with Crippen LogP contribution in [-0.4, -0.2) is 32.6 Å². The summed E-state index contributed by atoms with van der Waals surface area (Å²) in [7, 11) is -1.60. The highest BCUT2D eigenvalue weighted by Crippen LogP contribution is 2.23. The first-order valence-electron chi connectivity index (χ1n) is 5.76. The first-order valence-corrected chi connectivity index (χ1v) is 7.65. The van der Waals surface area contributed by atoms with Crippen LogP contribution in [0, 0.1) is 0 Å². The normalized spacial score (nSPS) is 14.3. The van der Waals surface area contributed by atoms with Crippen LogP contribution in [0.4, 0.5) is 0 Å². The Balaban J connectivity index is 2.91. The van der Waals surface area contributed by atoms with E-state index in [2.05, 4.69) is 0 Å². The molecule has 0 saturated carbocycles. The maximum atomic E-state index is 11.7. The summed E-state index contributed by atoms with van der Waals surface area (Å²) >= 11 is 0. The molecule has 1 unspecified atom stereocenters. The quantitative estimate of drug-likeness (QED) is 0.878. The van der Waals surface area contributed by atoms with Gasteiger partial charge in [-0.2, -0.15) is 0 Å². The number of hydrogen-bond donors (Lipinski definition) is 1. The van der Waals surface area contributed by atoms with Crippen LogP contribution in [0.2, 0.25) is 0 Å². The van der Waals surface area contributed by atoms with Crippen molar-refractivity contribution in [2.45, 2.75) is 31.1 Å². The molecule has 0 aromatic heterocycles. The van der Waals surface area contributed by atoms with Gasteiger partial charge >= 0.3 is 0 Å². The zero-order chi connectivity index (χ0) is 14.0. The number of methoxy groups -OCH3 is 1. The standard InChI is InChI=1S/C13H21NO3S/c1-13(2,18(4,15)16)12(14)9-10-6-5-7-11(8-10)17-3/h5-8,12H,9,14H2,1-4H3. The first-order chi connectivity index (χ1) is 8.18. The molecule has 0 bridgehead atoms. The van der Waals surface area contributed by atoms with Gasteiger partial charge in [-0.05, 0) is 38.0 Å². The molecule has 4 nitrogen and oxygen atoms in total. The van der Waals surface area contributed by atoms with Crippen molar-refractivity contribution >= 4 is 9.84 Å². The molecular weight excluding hydrogens is 250 g/mol. The van der Waals surface area contributed by atoms with Gasteiger partial charge in [0.1, 0.15) is 5.75 Å². The predicted octanol–water partition coefficient (Wildman–Crippen LogP) is 1.39. The molecule has 18 heavy (non-hydrogen) atoms. The number of ether oxygens (including phenoxy) is 1. The molecule has 1 aromatic carbocycles. The fraction of sp³-hybridized carbons (Fsp3) is 0.538. The van der Waals surface area contributed by atoms with E-state index in [1.165, 1.54) is 6.26 Å². The lowest BCUT2D eigenvalue weighted by molar-refractivity contribution is 0.413. The van der Waals surface area contributed by atoms with E-state index in [0.717, 1.165) is 11.3 Å². The van der Waals surface area contributed by atoms with Crippen molar-refractivity contribution in [3.63, 3.8) is 0 Å². The van der Waals surface area contributed by atoms with Gasteiger partial charge in [0, 0.05) is 12.3 Å². The molecular formula is C13H21NO3S. The highest BCUT2D eigenvalue weighted by atomic mass is 32.2. The summed E-state index contributed by atoms with van der Waals surface area (Å²) in [6.07, 6.45) is 1.72. The molecule has 0 fully saturated rings. The van der Waals surface area contributed by atoms with Crippen LogP contribution in [0.25, 0.3) is 0 Å². The molecule has 0 amide bonds. The minimum Gasteiger partial charge on any atom is -0.497 e. The van der Waals surface area contributed by atoms with E-state index < -0.39 is 20.6 Å². The third kappa shape index (κ3) is 3.23. The molecule has 0 saturated heterocycles. The lowest BCUT2D eigenvalue weighted by Crippen LogP contribution is -2.49. The summed E-state index contributed by atoms with van der Waals surface area (Å²) in [6.45, 7) is 3.32. The SMILES string of the molecule is COc1cccc(CC(N)C(C)(C)S(C)(=O)=O)c1. The van der Waals surface area contributed by atoms with Crippen molar-refractivity contribution in [3.05, 3.63) is 29.8 Å². The Morgan fingerprint density at radius 1 is 1.39 bits per heavy atom. The lowest BCUT2D eigenvalue weighted by Gasteiger charge is -2.29. The third-order valence-electron chi connectivity index (χ3n) is 3.44. The predicted molar refractivity (Wildman–Crippen MR) is 73.6 cm³/mol. The second-order valence-corrected chi connectivity index (χ2v) is 7.63. The maximum Gasteiger partial charge on any atom is 0.154 e. The van der Waals surface area contributed by atoms with E-state index in [1.54, 1.807) is 21.0 Å². The van der Waals surface area contributed by atoms with Crippen molar-refractivity contribution in [2.24, 2.45) is 5.73 Å². The van der Waals surface area contributed by atoms with Crippen molar-refractivity contribution < 1.29 is 13.2 Å². The molecule has 0 aliphatic rings. The zero-order valence-electron chi connectivity index (χ0n) is 11.3. The van der Waals surface area contributed by atoms with Gasteiger partial charge in [-0.15, -0.1) is 0 Å². The number of sulfone groups is 1. The van der Waals surface area contributed by atoms with Crippen LogP contribution in [0.3, 0.4) is 0 Å². The van der Waals surface area contributed by atoms with E-state index in [1.807, 2.05) is 24.3 Å². The maximum absolute atomic E-state index is 11.7. The van der Waals surface area contributed by atoms with Crippen LogP contribution < -0.4 is 10.5 Å². The van der Waals surface area contributed by atoms with E-state index >= 15 is 0 Å². The topological polar surface area (TPSA) is 69.4 Å². The molecule has 1 aromatic rings. The van der Waals surface area contributed by atoms with Gasteiger partial charge < -0.3 is 10.5 Å². The van der Waals surface area contributed by atoms with E-state index in [9.17, 15) is 8.42 Å². The van der Waals surface area contributed by atoms with Crippen LogP contribution in [0.1, 0.15) is 19.4 Å². The minimum absolute atomic E-state index is 0.459. The molecule has 102 valence electrons. The summed E-state index contributed by atoms with van der Waals surface area (Å²) in [4.78, 5) is 0. The molecule has 0 aliphatic carbocycles. The molecule has 0 heterocycles. The van der Waals surface area contributed by atoms with Crippen LogP contribution >= 0.6 is 0 Å². The third-order valence-corrected chi connectivity index (χ3v) is 5.65. The van der Waals surface area contributed by atoms with Crippen molar-refractivity contribution in [1.82, 2.24) is 0 Å². The summed E-state index contributed by atoms with van der Waals surface area (Å²) < 4.78 is 27.6. The number of hydrogen-bond acceptors (Lipinski definition) is 4. The molecule has 0 spiro atoms. The van der Waals surface area contributed by atoms with E-state index in [-0.39, 0.29) is 0 Å². The number of benzene rings is 1. The Morgan fingerprint density at radius 3 is 2.50 bits per heavy atom. The van der Waals surface area contributed by atoms with Gasteiger partial charge in [0.05, 0.1) is 11.9 Å². The average molecular weight is 271 g/mol. The van der Waals surface area contributed by atoms with Gasteiger partial charge in [-0.25, -0.2) is 8.42 Å². The highest BCUT2D eigenvalue weighted by Gasteiger charge is 2.36. The Bertz CT molecular complexity index is 509. The number of nitrogens with two attached hydrogens (primary N) is 1. The van der Waals surface area contributed by atoms with Crippen LogP contribution in [0.15, 0.2) is 24.3 Å². The Morgan fingerprint density at radius 2 is 2.00 bits per heavy atom. The fourth-order valence-corrected chi connectivity index (χ4v) is 2.21. The molecule has 0 aliphatic heterocycles. The second-order valence-electron chi connectivity index (χ2n) is 5.04. The van der Waals surface area contributed by atoms with Gasteiger partial charge in [-0.3, -0.25) is 0 Å². The summed E-state index contributed by atoms with van der Waals surface area (Å²) in [5.74, 6) is 0.747. The van der Waals surface area contributed by atoms with E-state index in [4.69, 9.17) is 10.5 Å². The van der Waals surface area contributed by atoms with Crippen LogP contribution in [0.5, 0.6) is 5.75 Å². The highest BCUT2D eigenvalue weighted by molar-refractivity contribution is 7.92. The monoisotopic (exact) mass is 271 g/mol. The fourth-order valence-electron chi connectivity index (χ4n) is 1.57. The minimum atomic E-state index is -3.19. The van der Waals surface area contributed by atoms with Gasteiger partial charge in [0.25, 0.3) is 0 Å². The van der Waals surface area contributed by atoms with Crippen LogP contribution in [-0.2, 0) is 16.3 Å². The second kappa shape index (κ2) is 5.28. The molecule has 1 atom stereocenters. The smallest absolute Gasteiger partial charge is 0.154 e. The summed E-state index contributed by atoms with van der Waals surface area (Å²) in [5.41, 5.74) is 7.01. The summed E-state index contributed by atoms with van der Waals surface area (Å²) in [5, 5.41) is 0. The lowest BCUT2D eigenvalue weighted by atomic mass is 9.96. The Hall–Kier alpha value is -1.07. The summed E-state index contributed by atoms with van der Waals surface area (Å²) in [6, 6.07) is 7.05. The Kier molecular flexibility index (Phi) is 4.40. The van der Waals surface area contributed by atoms with Crippen molar-refractivity contribution in [1.29, 1.82) is 0 Å². The number of rotatable bonds is 5. The van der Waals surface area contributed by atoms with E-state index in [0.29, 0.717) is 6.42 Å². The average Bonchev–Trinajstić information content (AvgIpc) is 2.27. The molecule has 2 N–H and O–H groups in total. The Labute approximate surface area is 109 Å². The zero-order valence-corrected chi connectivity index (χ0v) is 12.1. The molecule has 0 radical (unpaired) electrons. The molecule has 1 rings (SSSR count). The van der Waals surface area contributed by atoms with Gasteiger partial charge in [0.2, 0.25) is 0 Å².